The fraction of sp³-hybridized carbons (Fsp3) is 0.769. The number of hydrogen-bond acceptors (Lipinski definition) is 6. The molecule has 0 amide bonds. The molecule has 0 unspecified atom stereocenters. The lowest BCUT2D eigenvalue weighted by molar-refractivity contribution is 0.601. The Labute approximate surface area is 125 Å². The highest BCUT2D eigenvalue weighted by molar-refractivity contribution is 7.90. The normalized spacial score (nSPS) is 15.6. The molecule has 1 heterocycles. The van der Waals surface area contributed by atoms with E-state index < -0.39 is 9.84 Å². The zero-order valence-electron chi connectivity index (χ0n) is 12.3. The lowest BCUT2D eigenvalue weighted by atomic mass is 10.3. The van der Waals surface area contributed by atoms with E-state index in [4.69, 9.17) is 0 Å². The SMILES string of the molecule is CCc1nc(N(C)CCS(C)(=O)=O)sc1CNC1CC1. The Morgan fingerprint density at radius 2 is 2.15 bits per heavy atom. The van der Waals surface area contributed by atoms with Crippen molar-refractivity contribution in [1.82, 2.24) is 10.3 Å². The molecule has 1 aromatic rings. The van der Waals surface area contributed by atoms with E-state index in [-0.39, 0.29) is 5.75 Å². The van der Waals surface area contributed by atoms with Gasteiger partial charge >= 0.3 is 0 Å². The molecule has 1 saturated carbocycles. The Balaban J connectivity index is 1.99. The lowest BCUT2D eigenvalue weighted by Crippen LogP contribution is -2.24. The number of aryl methyl sites for hydroxylation is 1. The molecule has 2 rings (SSSR count). The van der Waals surface area contributed by atoms with Crippen LogP contribution in [0, 0.1) is 0 Å². The first kappa shape index (κ1) is 15.7. The zero-order chi connectivity index (χ0) is 14.8. The molecule has 0 radical (unpaired) electrons. The van der Waals surface area contributed by atoms with Crippen molar-refractivity contribution in [2.24, 2.45) is 0 Å². The first-order valence-electron chi connectivity index (χ1n) is 7.00. The van der Waals surface area contributed by atoms with E-state index >= 15 is 0 Å². The summed E-state index contributed by atoms with van der Waals surface area (Å²) in [5.41, 5.74) is 1.13. The van der Waals surface area contributed by atoms with Gasteiger partial charge < -0.3 is 10.2 Å². The standard InChI is InChI=1S/C13H23N3O2S2/c1-4-11-12(9-14-10-5-6-10)19-13(15-11)16(2)7-8-20(3,17)18/h10,14H,4-9H2,1-3H3. The fourth-order valence-electron chi connectivity index (χ4n) is 1.87. The molecule has 1 N–H and O–H groups in total. The van der Waals surface area contributed by atoms with Crippen LogP contribution in [0.25, 0.3) is 0 Å². The van der Waals surface area contributed by atoms with E-state index in [9.17, 15) is 8.42 Å². The molecule has 0 aliphatic heterocycles. The molecule has 1 aliphatic rings. The number of hydrogen-bond donors (Lipinski definition) is 1. The second-order valence-corrected chi connectivity index (χ2v) is 8.75. The Kier molecular flexibility index (Phi) is 5.04. The molecule has 5 nitrogen and oxygen atoms in total. The monoisotopic (exact) mass is 317 g/mol. The largest absolute Gasteiger partial charge is 0.350 e. The van der Waals surface area contributed by atoms with Gasteiger partial charge in [0.1, 0.15) is 9.84 Å². The molecular weight excluding hydrogens is 294 g/mol. The van der Waals surface area contributed by atoms with Gasteiger partial charge in [0.25, 0.3) is 0 Å². The van der Waals surface area contributed by atoms with Gasteiger partial charge in [-0.25, -0.2) is 13.4 Å². The summed E-state index contributed by atoms with van der Waals surface area (Å²) in [6, 6.07) is 0.688. The Bertz CT molecular complexity index is 550. The predicted molar refractivity (Wildman–Crippen MR) is 84.3 cm³/mol. The minimum atomic E-state index is -2.93. The van der Waals surface area contributed by atoms with Crippen molar-refractivity contribution in [2.45, 2.75) is 38.8 Å². The summed E-state index contributed by atoms with van der Waals surface area (Å²) in [6.45, 7) is 3.48. The summed E-state index contributed by atoms with van der Waals surface area (Å²) in [6.07, 6.45) is 4.74. The van der Waals surface area contributed by atoms with E-state index in [0.29, 0.717) is 12.6 Å². The minimum absolute atomic E-state index is 0.167. The number of rotatable bonds is 8. The zero-order valence-corrected chi connectivity index (χ0v) is 14.0. The maximum atomic E-state index is 11.2. The highest BCUT2D eigenvalue weighted by atomic mass is 32.2. The van der Waals surface area contributed by atoms with Crippen LogP contribution in [-0.4, -0.2) is 45.0 Å². The van der Waals surface area contributed by atoms with Crippen LogP contribution >= 0.6 is 11.3 Å². The summed E-state index contributed by atoms with van der Waals surface area (Å²) in [5.74, 6) is 0.167. The minimum Gasteiger partial charge on any atom is -0.350 e. The molecule has 0 bridgehead atoms. The van der Waals surface area contributed by atoms with E-state index in [1.807, 2.05) is 11.9 Å². The van der Waals surface area contributed by atoms with Gasteiger partial charge in [-0.05, 0) is 19.3 Å². The van der Waals surface area contributed by atoms with Gasteiger partial charge in [0.15, 0.2) is 5.13 Å². The first-order valence-corrected chi connectivity index (χ1v) is 9.87. The number of sulfone groups is 1. The van der Waals surface area contributed by atoms with Gasteiger partial charge in [0, 0.05) is 37.3 Å². The first-order chi connectivity index (χ1) is 9.39. The molecule has 0 aromatic carbocycles. The van der Waals surface area contributed by atoms with E-state index in [2.05, 4.69) is 17.2 Å². The third kappa shape index (κ3) is 4.71. The van der Waals surface area contributed by atoms with Crippen molar-refractivity contribution in [2.75, 3.05) is 30.5 Å². The quantitative estimate of drug-likeness (QED) is 0.786. The Hall–Kier alpha value is -0.660. The number of nitrogens with one attached hydrogen (secondary N) is 1. The molecule has 20 heavy (non-hydrogen) atoms. The number of thiazole rings is 1. The molecule has 0 spiro atoms. The maximum absolute atomic E-state index is 11.2. The average Bonchev–Trinajstić information content (AvgIpc) is 3.11. The fourth-order valence-corrected chi connectivity index (χ4v) is 3.56. The lowest BCUT2D eigenvalue weighted by Gasteiger charge is -2.14. The van der Waals surface area contributed by atoms with Crippen LogP contribution in [-0.2, 0) is 22.8 Å². The van der Waals surface area contributed by atoms with Gasteiger partial charge in [-0.3, -0.25) is 0 Å². The van der Waals surface area contributed by atoms with Crippen LogP contribution in [0.3, 0.4) is 0 Å². The van der Waals surface area contributed by atoms with Crippen LogP contribution in [0.5, 0.6) is 0 Å². The Morgan fingerprint density at radius 1 is 1.45 bits per heavy atom. The van der Waals surface area contributed by atoms with Gasteiger partial charge in [-0.2, -0.15) is 0 Å². The van der Waals surface area contributed by atoms with Crippen molar-refractivity contribution in [3.8, 4) is 0 Å². The molecule has 114 valence electrons. The molecule has 1 aliphatic carbocycles. The highest BCUT2D eigenvalue weighted by Crippen LogP contribution is 2.27. The number of aromatic nitrogens is 1. The van der Waals surface area contributed by atoms with Crippen molar-refractivity contribution < 1.29 is 8.42 Å². The topological polar surface area (TPSA) is 62.3 Å². The van der Waals surface area contributed by atoms with Crippen LogP contribution in [0.2, 0.25) is 0 Å². The molecular formula is C13H23N3O2S2. The average molecular weight is 317 g/mol. The third-order valence-corrected chi connectivity index (χ3v) is 5.49. The van der Waals surface area contributed by atoms with Crippen LogP contribution in [0.15, 0.2) is 0 Å². The second kappa shape index (κ2) is 6.41. The van der Waals surface area contributed by atoms with E-state index in [0.717, 1.165) is 23.8 Å². The van der Waals surface area contributed by atoms with Gasteiger partial charge in [0.05, 0.1) is 11.4 Å². The maximum Gasteiger partial charge on any atom is 0.185 e. The number of anilines is 1. The smallest absolute Gasteiger partial charge is 0.185 e. The Morgan fingerprint density at radius 3 is 2.70 bits per heavy atom. The van der Waals surface area contributed by atoms with Gasteiger partial charge in [-0.15, -0.1) is 11.3 Å². The number of nitrogens with zero attached hydrogens (tertiary/aromatic N) is 2. The van der Waals surface area contributed by atoms with Crippen molar-refractivity contribution in [1.29, 1.82) is 0 Å². The molecule has 7 heteroatoms. The van der Waals surface area contributed by atoms with Gasteiger partial charge in [-0.1, -0.05) is 6.92 Å². The molecule has 1 aromatic heterocycles. The van der Waals surface area contributed by atoms with Crippen molar-refractivity contribution in [3.05, 3.63) is 10.6 Å². The van der Waals surface area contributed by atoms with Crippen LogP contribution in [0.1, 0.15) is 30.3 Å². The summed E-state index contributed by atoms with van der Waals surface area (Å²) >= 11 is 1.67. The van der Waals surface area contributed by atoms with Crippen molar-refractivity contribution >= 4 is 26.3 Å². The summed E-state index contributed by atoms with van der Waals surface area (Å²) < 4.78 is 22.5. The van der Waals surface area contributed by atoms with E-state index in [1.54, 1.807) is 11.3 Å². The summed E-state index contributed by atoms with van der Waals surface area (Å²) in [5, 5.41) is 4.43. The second-order valence-electron chi connectivity index (χ2n) is 5.43. The third-order valence-electron chi connectivity index (χ3n) is 3.35. The van der Waals surface area contributed by atoms with Crippen LogP contribution in [0.4, 0.5) is 5.13 Å². The molecule has 0 saturated heterocycles. The van der Waals surface area contributed by atoms with Crippen molar-refractivity contribution in [3.63, 3.8) is 0 Å². The van der Waals surface area contributed by atoms with E-state index in [1.165, 1.54) is 24.0 Å². The predicted octanol–water partition coefficient (Wildman–Crippen LogP) is 1.44. The summed E-state index contributed by atoms with van der Waals surface area (Å²) in [4.78, 5) is 7.85. The molecule has 1 fully saturated rings. The highest BCUT2D eigenvalue weighted by Gasteiger charge is 2.21. The summed E-state index contributed by atoms with van der Waals surface area (Å²) in [7, 11) is -1.02. The van der Waals surface area contributed by atoms with Crippen LogP contribution < -0.4 is 10.2 Å². The van der Waals surface area contributed by atoms with Gasteiger partial charge in [0.2, 0.25) is 0 Å². The molecule has 0 atom stereocenters.